The summed E-state index contributed by atoms with van der Waals surface area (Å²) in [6.45, 7) is 0. The number of alkyl halides is 2. The Morgan fingerprint density at radius 1 is 1.46 bits per heavy atom. The van der Waals surface area contributed by atoms with E-state index < -0.39 is 6.43 Å². The van der Waals surface area contributed by atoms with E-state index in [0.29, 0.717) is 3.57 Å². The van der Waals surface area contributed by atoms with Crippen molar-refractivity contribution in [2.24, 2.45) is 0 Å². The molecule has 0 saturated heterocycles. The minimum atomic E-state index is -2.56. The Balaban J connectivity index is 3.25. The molecule has 0 aliphatic heterocycles. The fraction of sp³-hybridized carbons (Fsp3) is 0.286. The van der Waals surface area contributed by atoms with Crippen LogP contribution in [0.25, 0.3) is 0 Å². The highest BCUT2D eigenvalue weighted by atomic mass is 127. The monoisotopic (exact) mass is 411 g/mol. The zero-order chi connectivity index (χ0) is 10.0. The first kappa shape index (κ1) is 11.3. The molecule has 1 heterocycles. The van der Waals surface area contributed by atoms with Gasteiger partial charge in [0, 0.05) is 9.64 Å². The van der Waals surface area contributed by atoms with Crippen molar-refractivity contribution in [3.05, 3.63) is 18.9 Å². The van der Waals surface area contributed by atoms with Crippen LogP contribution in [0.5, 0.6) is 5.88 Å². The number of halogens is 4. The van der Waals surface area contributed by atoms with Crippen molar-refractivity contribution >= 4 is 45.2 Å². The predicted molar refractivity (Wildman–Crippen MR) is 61.2 cm³/mol. The van der Waals surface area contributed by atoms with Gasteiger partial charge in [0.05, 0.1) is 10.7 Å². The summed E-state index contributed by atoms with van der Waals surface area (Å²) in [5.41, 5.74) is -0.218. The van der Waals surface area contributed by atoms with Crippen molar-refractivity contribution in [2.75, 3.05) is 7.11 Å². The Kier molecular flexibility index (Phi) is 4.07. The molecule has 0 unspecified atom stereocenters. The van der Waals surface area contributed by atoms with E-state index in [4.69, 9.17) is 4.74 Å². The summed E-state index contributed by atoms with van der Waals surface area (Å²) in [5, 5.41) is 0. The van der Waals surface area contributed by atoms with E-state index in [1.165, 1.54) is 7.11 Å². The summed E-state index contributed by atoms with van der Waals surface area (Å²) >= 11 is 3.82. The summed E-state index contributed by atoms with van der Waals surface area (Å²) < 4.78 is 30.8. The average molecular weight is 411 g/mol. The molecular weight excluding hydrogens is 406 g/mol. The Labute approximate surface area is 101 Å². The zero-order valence-corrected chi connectivity index (χ0v) is 10.8. The Morgan fingerprint density at radius 3 is 2.54 bits per heavy atom. The number of ether oxygens (including phenoxy) is 1. The average Bonchev–Trinajstić information content (AvgIpc) is 2.09. The Morgan fingerprint density at radius 2 is 2.08 bits per heavy atom. The molecule has 0 amide bonds. The summed E-state index contributed by atoms with van der Waals surface area (Å²) in [6.07, 6.45) is -2.56. The minimum absolute atomic E-state index is 0.218. The lowest BCUT2D eigenvalue weighted by atomic mass is 10.3. The third-order valence-electron chi connectivity index (χ3n) is 1.33. The van der Waals surface area contributed by atoms with Crippen LogP contribution in [0.15, 0.2) is 6.07 Å². The van der Waals surface area contributed by atoms with Crippen molar-refractivity contribution in [2.45, 2.75) is 6.43 Å². The van der Waals surface area contributed by atoms with Crippen LogP contribution in [0, 0.1) is 7.14 Å². The summed E-state index contributed by atoms with van der Waals surface area (Å²) in [6, 6.07) is 1.62. The lowest BCUT2D eigenvalue weighted by Gasteiger charge is -2.06. The molecule has 1 aromatic rings. The van der Waals surface area contributed by atoms with Gasteiger partial charge in [-0.1, -0.05) is 0 Å². The number of nitrogens with zero attached hydrogens (tertiary/aromatic N) is 1. The number of hydrogen-bond donors (Lipinski definition) is 0. The van der Waals surface area contributed by atoms with E-state index in [2.05, 4.69) is 4.98 Å². The molecule has 0 fully saturated rings. The van der Waals surface area contributed by atoms with E-state index in [0.717, 1.165) is 3.57 Å². The highest BCUT2D eigenvalue weighted by Gasteiger charge is 2.17. The van der Waals surface area contributed by atoms with Crippen molar-refractivity contribution < 1.29 is 13.5 Å². The van der Waals surface area contributed by atoms with Crippen LogP contribution in [0.4, 0.5) is 8.78 Å². The molecule has 0 spiro atoms. The highest BCUT2D eigenvalue weighted by Crippen LogP contribution is 2.28. The smallest absolute Gasteiger partial charge is 0.281 e. The molecule has 0 bridgehead atoms. The second-order valence-corrected chi connectivity index (χ2v) is 4.39. The van der Waals surface area contributed by atoms with Crippen LogP contribution in [0.2, 0.25) is 0 Å². The molecule has 0 radical (unpaired) electrons. The molecule has 0 aromatic carbocycles. The molecule has 0 saturated carbocycles. The third-order valence-corrected chi connectivity index (χ3v) is 4.35. The first-order valence-corrected chi connectivity index (χ1v) is 5.40. The molecular formula is C7H5F2I2NO. The van der Waals surface area contributed by atoms with Gasteiger partial charge in [-0.15, -0.1) is 0 Å². The van der Waals surface area contributed by atoms with Crippen LogP contribution in [0.1, 0.15) is 12.1 Å². The van der Waals surface area contributed by atoms with Crippen LogP contribution in [-0.4, -0.2) is 12.1 Å². The van der Waals surface area contributed by atoms with Crippen LogP contribution >= 0.6 is 45.2 Å². The molecule has 13 heavy (non-hydrogen) atoms. The molecule has 72 valence electrons. The standard InChI is InChI=1S/C7H5F2I2NO/c1-13-4-2-3(10)5(11)6(12-4)7(8)9/h2,7H,1H3. The number of methoxy groups -OCH3 is 1. The fourth-order valence-corrected chi connectivity index (χ4v) is 1.80. The fourth-order valence-electron chi connectivity index (χ4n) is 0.743. The van der Waals surface area contributed by atoms with E-state index in [1.54, 1.807) is 6.07 Å². The van der Waals surface area contributed by atoms with Crippen molar-refractivity contribution in [3.8, 4) is 5.88 Å². The molecule has 1 rings (SSSR count). The third kappa shape index (κ3) is 2.61. The molecule has 0 N–H and O–H groups in total. The highest BCUT2D eigenvalue weighted by molar-refractivity contribution is 14.1. The van der Waals surface area contributed by atoms with Gasteiger partial charge in [-0.25, -0.2) is 13.8 Å². The first-order valence-electron chi connectivity index (χ1n) is 3.24. The van der Waals surface area contributed by atoms with Gasteiger partial charge in [0.1, 0.15) is 5.69 Å². The lowest BCUT2D eigenvalue weighted by Crippen LogP contribution is -2.00. The molecule has 0 aliphatic rings. The maximum atomic E-state index is 12.4. The predicted octanol–water partition coefficient (Wildman–Crippen LogP) is 3.24. The number of hydrogen-bond acceptors (Lipinski definition) is 2. The lowest BCUT2D eigenvalue weighted by molar-refractivity contribution is 0.144. The van der Waals surface area contributed by atoms with E-state index >= 15 is 0 Å². The topological polar surface area (TPSA) is 22.1 Å². The molecule has 6 heteroatoms. The van der Waals surface area contributed by atoms with Crippen LogP contribution in [0.3, 0.4) is 0 Å². The molecule has 1 aromatic heterocycles. The van der Waals surface area contributed by atoms with Gasteiger partial charge in [0.2, 0.25) is 5.88 Å². The maximum Gasteiger partial charge on any atom is 0.281 e. The zero-order valence-electron chi connectivity index (χ0n) is 6.52. The number of pyridine rings is 1. The number of rotatable bonds is 2. The van der Waals surface area contributed by atoms with Crippen LogP contribution in [-0.2, 0) is 0 Å². The van der Waals surface area contributed by atoms with Crippen molar-refractivity contribution in [1.82, 2.24) is 4.98 Å². The van der Waals surface area contributed by atoms with Crippen molar-refractivity contribution in [1.29, 1.82) is 0 Å². The second kappa shape index (κ2) is 4.67. The minimum Gasteiger partial charge on any atom is -0.481 e. The van der Waals surface area contributed by atoms with Gasteiger partial charge in [-0.3, -0.25) is 0 Å². The first-order chi connectivity index (χ1) is 6.06. The summed E-state index contributed by atoms with van der Waals surface area (Å²) in [7, 11) is 1.40. The van der Waals surface area contributed by atoms with Gasteiger partial charge >= 0.3 is 0 Å². The Hall–Kier alpha value is 0.270. The van der Waals surface area contributed by atoms with E-state index in [9.17, 15) is 8.78 Å². The SMILES string of the molecule is COc1cc(I)c(I)c(C(F)F)n1. The number of aromatic nitrogens is 1. The molecule has 0 aliphatic carbocycles. The normalized spacial score (nSPS) is 10.6. The van der Waals surface area contributed by atoms with Gasteiger partial charge in [-0.2, -0.15) is 0 Å². The van der Waals surface area contributed by atoms with Gasteiger partial charge in [0.15, 0.2) is 0 Å². The quantitative estimate of drug-likeness (QED) is 0.698. The van der Waals surface area contributed by atoms with Crippen molar-refractivity contribution in [3.63, 3.8) is 0 Å². The van der Waals surface area contributed by atoms with Gasteiger partial charge in [0.25, 0.3) is 6.43 Å². The molecule has 2 nitrogen and oxygen atoms in total. The van der Waals surface area contributed by atoms with E-state index in [1.807, 2.05) is 45.2 Å². The molecule has 0 atom stereocenters. The van der Waals surface area contributed by atoms with Gasteiger partial charge < -0.3 is 4.74 Å². The summed E-state index contributed by atoms with van der Waals surface area (Å²) in [4.78, 5) is 3.67. The van der Waals surface area contributed by atoms with E-state index in [-0.39, 0.29) is 11.6 Å². The summed E-state index contributed by atoms with van der Waals surface area (Å²) in [5.74, 6) is 0.222. The van der Waals surface area contributed by atoms with Crippen LogP contribution < -0.4 is 4.74 Å². The Bertz CT molecular complexity index is 320. The second-order valence-electron chi connectivity index (χ2n) is 2.15. The maximum absolute atomic E-state index is 12.4. The van der Waals surface area contributed by atoms with Gasteiger partial charge in [-0.05, 0) is 45.2 Å². The largest absolute Gasteiger partial charge is 0.481 e.